The summed E-state index contributed by atoms with van der Waals surface area (Å²) in [6.07, 6.45) is 0.910. The van der Waals surface area contributed by atoms with Crippen molar-refractivity contribution in [2.75, 3.05) is 6.61 Å². The monoisotopic (exact) mass is 330 g/mol. The summed E-state index contributed by atoms with van der Waals surface area (Å²) in [5, 5.41) is 6.47. The fourth-order valence-electron chi connectivity index (χ4n) is 2.12. The minimum atomic E-state index is -0.998. The number of amides is 1. The molecule has 2 aromatic rings. The predicted octanol–water partition coefficient (Wildman–Crippen LogP) is 1.92. The molecule has 1 fully saturated rings. The SMILES string of the molecule is Cc1cc(OCC(=O)O[C@@H](C(=O)NC2CC2)c2ccccc2)no1. The smallest absolute Gasteiger partial charge is 0.345 e. The van der Waals surface area contributed by atoms with Crippen molar-refractivity contribution < 1.29 is 23.6 Å². The molecule has 1 aromatic heterocycles. The van der Waals surface area contributed by atoms with E-state index in [1.54, 1.807) is 37.3 Å². The standard InChI is InChI=1S/C17H18N2O5/c1-11-9-14(19-24-11)22-10-15(20)23-16(12-5-3-2-4-6-12)17(21)18-13-7-8-13/h2-6,9,13,16H,7-8,10H2,1H3,(H,18,21)/t16-/m1/s1. The second-order valence-electron chi connectivity index (χ2n) is 5.63. The van der Waals surface area contributed by atoms with Gasteiger partial charge in [0, 0.05) is 17.7 Å². The molecule has 1 saturated carbocycles. The number of hydrogen-bond acceptors (Lipinski definition) is 6. The Hall–Kier alpha value is -2.83. The van der Waals surface area contributed by atoms with Crippen LogP contribution in [0, 0.1) is 6.92 Å². The molecule has 0 bridgehead atoms. The van der Waals surface area contributed by atoms with E-state index >= 15 is 0 Å². The molecule has 126 valence electrons. The minimum Gasteiger partial charge on any atom is -0.463 e. The highest BCUT2D eigenvalue weighted by atomic mass is 16.6. The Morgan fingerprint density at radius 3 is 2.71 bits per heavy atom. The number of carbonyl (C=O) groups excluding carboxylic acids is 2. The lowest BCUT2D eigenvalue weighted by Gasteiger charge is -2.17. The molecule has 7 heteroatoms. The van der Waals surface area contributed by atoms with E-state index in [9.17, 15) is 9.59 Å². The molecule has 1 atom stereocenters. The molecule has 1 aliphatic rings. The lowest BCUT2D eigenvalue weighted by atomic mass is 10.1. The maximum absolute atomic E-state index is 12.4. The minimum absolute atomic E-state index is 0.178. The molecule has 1 aliphatic carbocycles. The Bertz CT molecular complexity index is 709. The number of aryl methyl sites for hydroxylation is 1. The third kappa shape index (κ3) is 4.34. The first-order chi connectivity index (χ1) is 11.6. The number of nitrogens with zero attached hydrogens (tertiary/aromatic N) is 1. The van der Waals surface area contributed by atoms with Crippen LogP contribution in [-0.2, 0) is 14.3 Å². The van der Waals surface area contributed by atoms with Crippen LogP contribution in [0.25, 0.3) is 0 Å². The lowest BCUT2D eigenvalue weighted by molar-refractivity contribution is -0.158. The summed E-state index contributed by atoms with van der Waals surface area (Å²) in [5.41, 5.74) is 0.612. The summed E-state index contributed by atoms with van der Waals surface area (Å²) in [6, 6.07) is 10.6. The van der Waals surface area contributed by atoms with Gasteiger partial charge in [0.1, 0.15) is 5.76 Å². The predicted molar refractivity (Wildman–Crippen MR) is 83.2 cm³/mol. The molecule has 1 amide bonds. The second-order valence-corrected chi connectivity index (χ2v) is 5.63. The van der Waals surface area contributed by atoms with E-state index in [-0.39, 0.29) is 24.4 Å². The Morgan fingerprint density at radius 1 is 1.33 bits per heavy atom. The van der Waals surface area contributed by atoms with Crippen LogP contribution < -0.4 is 10.1 Å². The molecule has 0 aliphatic heterocycles. The normalized spacial score (nSPS) is 14.7. The zero-order valence-corrected chi connectivity index (χ0v) is 13.2. The fraction of sp³-hybridized carbons (Fsp3) is 0.353. The molecule has 1 heterocycles. The van der Waals surface area contributed by atoms with E-state index in [1.807, 2.05) is 6.07 Å². The number of rotatable bonds is 7. The van der Waals surface area contributed by atoms with Crippen molar-refractivity contribution in [2.24, 2.45) is 0 Å². The molecule has 1 N–H and O–H groups in total. The number of benzene rings is 1. The van der Waals surface area contributed by atoms with Crippen molar-refractivity contribution in [3.05, 3.63) is 47.7 Å². The van der Waals surface area contributed by atoms with Crippen LogP contribution in [0.15, 0.2) is 40.9 Å². The van der Waals surface area contributed by atoms with Crippen LogP contribution >= 0.6 is 0 Å². The zero-order valence-electron chi connectivity index (χ0n) is 13.2. The molecule has 7 nitrogen and oxygen atoms in total. The van der Waals surface area contributed by atoms with E-state index in [0.29, 0.717) is 11.3 Å². The summed E-state index contributed by atoms with van der Waals surface area (Å²) in [4.78, 5) is 24.4. The van der Waals surface area contributed by atoms with Gasteiger partial charge in [0.25, 0.3) is 11.8 Å². The molecular weight excluding hydrogens is 312 g/mol. The van der Waals surface area contributed by atoms with Gasteiger partial charge in [-0.2, -0.15) is 0 Å². The number of aromatic nitrogens is 1. The van der Waals surface area contributed by atoms with Crippen molar-refractivity contribution in [1.82, 2.24) is 10.5 Å². The number of hydrogen-bond donors (Lipinski definition) is 1. The van der Waals surface area contributed by atoms with E-state index in [1.165, 1.54) is 0 Å². The third-order valence-corrected chi connectivity index (χ3v) is 3.46. The molecular formula is C17H18N2O5. The molecule has 24 heavy (non-hydrogen) atoms. The molecule has 0 saturated heterocycles. The van der Waals surface area contributed by atoms with Crippen molar-refractivity contribution in [1.29, 1.82) is 0 Å². The van der Waals surface area contributed by atoms with Crippen LogP contribution in [-0.4, -0.2) is 29.7 Å². The zero-order chi connectivity index (χ0) is 16.9. The van der Waals surface area contributed by atoms with Crippen molar-refractivity contribution in [2.45, 2.75) is 31.9 Å². The summed E-state index contributed by atoms with van der Waals surface area (Å²) in [6.45, 7) is 1.36. The summed E-state index contributed by atoms with van der Waals surface area (Å²) in [5.74, 6) is -0.211. The van der Waals surface area contributed by atoms with Gasteiger partial charge in [0.15, 0.2) is 6.61 Å². The fourth-order valence-corrected chi connectivity index (χ4v) is 2.12. The van der Waals surface area contributed by atoms with Crippen LogP contribution in [0.4, 0.5) is 0 Å². The number of esters is 1. The summed E-state index contributed by atoms with van der Waals surface area (Å²) in [7, 11) is 0. The number of nitrogens with one attached hydrogen (secondary N) is 1. The highest BCUT2D eigenvalue weighted by molar-refractivity contribution is 5.85. The Labute approximate surface area is 138 Å². The topological polar surface area (TPSA) is 90.7 Å². The molecule has 0 spiro atoms. The first-order valence-electron chi connectivity index (χ1n) is 7.73. The lowest BCUT2D eigenvalue weighted by Crippen LogP contribution is -2.34. The highest BCUT2D eigenvalue weighted by Crippen LogP contribution is 2.23. The van der Waals surface area contributed by atoms with Gasteiger partial charge in [-0.1, -0.05) is 30.3 Å². The van der Waals surface area contributed by atoms with E-state index < -0.39 is 12.1 Å². The Balaban J connectivity index is 1.61. The van der Waals surface area contributed by atoms with Gasteiger partial charge < -0.3 is 19.3 Å². The van der Waals surface area contributed by atoms with Gasteiger partial charge in [-0.25, -0.2) is 4.79 Å². The van der Waals surface area contributed by atoms with Crippen molar-refractivity contribution in [3.8, 4) is 5.88 Å². The maximum atomic E-state index is 12.4. The van der Waals surface area contributed by atoms with Gasteiger partial charge in [-0.15, -0.1) is 0 Å². The Kier molecular flexibility index (Phi) is 4.79. The van der Waals surface area contributed by atoms with Gasteiger partial charge in [-0.05, 0) is 24.9 Å². The van der Waals surface area contributed by atoms with Gasteiger partial charge in [0.05, 0.1) is 0 Å². The average molecular weight is 330 g/mol. The molecule has 1 aromatic carbocycles. The van der Waals surface area contributed by atoms with Gasteiger partial charge in [-0.3, -0.25) is 4.79 Å². The average Bonchev–Trinajstić information content (AvgIpc) is 3.30. The summed E-state index contributed by atoms with van der Waals surface area (Å²) >= 11 is 0. The third-order valence-electron chi connectivity index (χ3n) is 3.46. The Morgan fingerprint density at radius 2 is 2.08 bits per heavy atom. The molecule has 3 rings (SSSR count). The summed E-state index contributed by atoms with van der Waals surface area (Å²) < 4.78 is 15.4. The first kappa shape index (κ1) is 16.0. The van der Waals surface area contributed by atoms with E-state index in [4.69, 9.17) is 14.0 Å². The molecule has 0 radical (unpaired) electrons. The number of carbonyl (C=O) groups is 2. The number of ether oxygens (including phenoxy) is 2. The van der Waals surface area contributed by atoms with Crippen LogP contribution in [0.3, 0.4) is 0 Å². The quantitative estimate of drug-likeness (QED) is 0.780. The first-order valence-corrected chi connectivity index (χ1v) is 7.73. The van der Waals surface area contributed by atoms with Crippen LogP contribution in [0.5, 0.6) is 5.88 Å². The van der Waals surface area contributed by atoms with E-state index in [0.717, 1.165) is 12.8 Å². The van der Waals surface area contributed by atoms with E-state index in [2.05, 4.69) is 10.5 Å². The van der Waals surface area contributed by atoms with Gasteiger partial charge in [0.2, 0.25) is 6.10 Å². The van der Waals surface area contributed by atoms with Crippen molar-refractivity contribution >= 4 is 11.9 Å². The highest BCUT2D eigenvalue weighted by Gasteiger charge is 2.30. The molecule has 0 unspecified atom stereocenters. The largest absolute Gasteiger partial charge is 0.463 e. The van der Waals surface area contributed by atoms with Crippen molar-refractivity contribution in [3.63, 3.8) is 0 Å². The second kappa shape index (κ2) is 7.16. The van der Waals surface area contributed by atoms with Gasteiger partial charge >= 0.3 is 5.97 Å². The van der Waals surface area contributed by atoms with Crippen LogP contribution in [0.1, 0.15) is 30.3 Å². The van der Waals surface area contributed by atoms with Crippen LogP contribution in [0.2, 0.25) is 0 Å². The maximum Gasteiger partial charge on any atom is 0.345 e.